The van der Waals surface area contributed by atoms with Crippen LogP contribution in [0.5, 0.6) is 5.88 Å². The average molecular weight is 250 g/mol. The molecule has 18 heavy (non-hydrogen) atoms. The van der Waals surface area contributed by atoms with Crippen LogP contribution in [0.15, 0.2) is 12.1 Å². The number of hydrogen-bond acceptors (Lipinski definition) is 5. The molecular weight excluding hydrogens is 232 g/mol. The van der Waals surface area contributed by atoms with Gasteiger partial charge in [-0.15, -0.1) is 10.2 Å². The van der Waals surface area contributed by atoms with Crippen molar-refractivity contribution in [3.63, 3.8) is 0 Å². The first-order valence-electron chi connectivity index (χ1n) is 6.17. The molecule has 1 aromatic rings. The minimum absolute atomic E-state index is 0.142. The van der Waals surface area contributed by atoms with Crippen molar-refractivity contribution < 1.29 is 9.53 Å². The van der Waals surface area contributed by atoms with Crippen LogP contribution >= 0.6 is 0 Å². The summed E-state index contributed by atoms with van der Waals surface area (Å²) in [4.78, 5) is 10.8. The minimum atomic E-state index is -0.590. The lowest BCUT2D eigenvalue weighted by molar-refractivity contribution is 0.0994. The van der Waals surface area contributed by atoms with Gasteiger partial charge >= 0.3 is 0 Å². The van der Waals surface area contributed by atoms with E-state index < -0.39 is 5.91 Å². The lowest BCUT2D eigenvalue weighted by Crippen LogP contribution is -2.23. The van der Waals surface area contributed by atoms with Crippen molar-refractivity contribution in [3.8, 4) is 5.88 Å². The van der Waals surface area contributed by atoms with Crippen molar-refractivity contribution in [1.29, 1.82) is 0 Å². The number of nitrogens with two attached hydrogens (primary N) is 2. The molecule has 0 aliphatic heterocycles. The third-order valence-corrected chi connectivity index (χ3v) is 3.46. The first-order chi connectivity index (χ1) is 8.70. The van der Waals surface area contributed by atoms with E-state index in [1.54, 1.807) is 6.07 Å². The predicted molar refractivity (Wildman–Crippen MR) is 65.9 cm³/mol. The summed E-state index contributed by atoms with van der Waals surface area (Å²) in [5, 5.41) is 7.50. The maximum absolute atomic E-state index is 10.8. The quantitative estimate of drug-likeness (QED) is 0.783. The Labute approximate surface area is 106 Å². The van der Waals surface area contributed by atoms with Gasteiger partial charge in [0.1, 0.15) is 0 Å². The van der Waals surface area contributed by atoms with E-state index in [2.05, 4.69) is 10.2 Å². The molecule has 0 radical (unpaired) electrons. The summed E-state index contributed by atoms with van der Waals surface area (Å²) in [5.41, 5.74) is 10.9. The first-order valence-corrected chi connectivity index (χ1v) is 6.17. The van der Waals surface area contributed by atoms with Gasteiger partial charge in [-0.25, -0.2) is 0 Å². The van der Waals surface area contributed by atoms with Crippen LogP contribution in [0.3, 0.4) is 0 Å². The second kappa shape index (κ2) is 5.77. The Morgan fingerprint density at radius 2 is 2.11 bits per heavy atom. The topological polar surface area (TPSA) is 104 Å². The van der Waals surface area contributed by atoms with Gasteiger partial charge in [0.2, 0.25) is 5.88 Å². The monoisotopic (exact) mass is 250 g/mol. The average Bonchev–Trinajstić information content (AvgIpc) is 2.84. The molecule has 1 saturated carbocycles. The van der Waals surface area contributed by atoms with Crippen molar-refractivity contribution in [2.45, 2.75) is 19.3 Å². The lowest BCUT2D eigenvalue weighted by Gasteiger charge is -2.17. The standard InChI is InChI=1S/C12H18N4O2/c13-6-8-2-1-3-9(8)7-18-11-5-4-10(12(14)17)15-16-11/h4-5,8-9H,1-3,6-7,13H2,(H2,14,17). The summed E-state index contributed by atoms with van der Waals surface area (Å²) in [6.45, 7) is 1.31. The number of primary amides is 1. The maximum atomic E-state index is 10.8. The fourth-order valence-electron chi connectivity index (χ4n) is 2.36. The van der Waals surface area contributed by atoms with Gasteiger partial charge < -0.3 is 16.2 Å². The molecule has 98 valence electrons. The number of rotatable bonds is 5. The molecule has 2 atom stereocenters. The molecule has 2 unspecified atom stereocenters. The Hall–Kier alpha value is -1.69. The number of nitrogens with zero attached hydrogens (tertiary/aromatic N) is 2. The third kappa shape index (κ3) is 2.95. The molecule has 1 aliphatic carbocycles. The van der Waals surface area contributed by atoms with Crippen LogP contribution in [-0.4, -0.2) is 29.3 Å². The van der Waals surface area contributed by atoms with Gasteiger partial charge in [-0.2, -0.15) is 0 Å². The fourth-order valence-corrected chi connectivity index (χ4v) is 2.36. The highest BCUT2D eigenvalue weighted by molar-refractivity contribution is 5.90. The molecule has 1 heterocycles. The molecule has 0 saturated heterocycles. The minimum Gasteiger partial charge on any atom is -0.476 e. The Balaban J connectivity index is 1.88. The second-order valence-corrected chi connectivity index (χ2v) is 4.62. The molecule has 6 heteroatoms. The summed E-state index contributed by atoms with van der Waals surface area (Å²) >= 11 is 0. The third-order valence-electron chi connectivity index (χ3n) is 3.46. The van der Waals surface area contributed by atoms with E-state index in [9.17, 15) is 4.79 Å². The van der Waals surface area contributed by atoms with Gasteiger partial charge in [-0.3, -0.25) is 4.79 Å². The number of carbonyl (C=O) groups is 1. The maximum Gasteiger partial charge on any atom is 0.269 e. The van der Waals surface area contributed by atoms with Crippen LogP contribution in [0.25, 0.3) is 0 Å². The van der Waals surface area contributed by atoms with Crippen molar-refractivity contribution in [3.05, 3.63) is 17.8 Å². The summed E-state index contributed by atoms with van der Waals surface area (Å²) in [5.74, 6) is 0.867. The highest BCUT2D eigenvalue weighted by Crippen LogP contribution is 2.31. The highest BCUT2D eigenvalue weighted by atomic mass is 16.5. The zero-order chi connectivity index (χ0) is 13.0. The van der Waals surface area contributed by atoms with E-state index in [1.807, 2.05) is 0 Å². The smallest absolute Gasteiger partial charge is 0.269 e. The van der Waals surface area contributed by atoms with E-state index in [0.717, 1.165) is 6.42 Å². The highest BCUT2D eigenvalue weighted by Gasteiger charge is 2.26. The molecule has 0 spiro atoms. The number of aromatic nitrogens is 2. The van der Waals surface area contributed by atoms with Crippen molar-refractivity contribution in [2.75, 3.05) is 13.2 Å². The molecule has 1 fully saturated rings. The van der Waals surface area contributed by atoms with Gasteiger partial charge in [-0.1, -0.05) is 6.42 Å². The van der Waals surface area contributed by atoms with Crippen molar-refractivity contribution >= 4 is 5.91 Å². The van der Waals surface area contributed by atoms with Crippen molar-refractivity contribution in [1.82, 2.24) is 10.2 Å². The van der Waals surface area contributed by atoms with Crippen LogP contribution in [0.2, 0.25) is 0 Å². The van der Waals surface area contributed by atoms with Gasteiger partial charge in [0.15, 0.2) is 5.69 Å². The molecular formula is C12H18N4O2. The number of carbonyl (C=O) groups excluding carboxylic acids is 1. The summed E-state index contributed by atoms with van der Waals surface area (Å²) in [7, 11) is 0. The van der Waals surface area contributed by atoms with Gasteiger partial charge in [0, 0.05) is 6.07 Å². The number of hydrogen-bond donors (Lipinski definition) is 2. The molecule has 0 bridgehead atoms. The molecule has 1 amide bonds. The lowest BCUT2D eigenvalue weighted by atomic mass is 9.97. The zero-order valence-corrected chi connectivity index (χ0v) is 10.2. The van der Waals surface area contributed by atoms with E-state index in [0.29, 0.717) is 30.9 Å². The van der Waals surface area contributed by atoms with Crippen molar-refractivity contribution in [2.24, 2.45) is 23.3 Å². The molecule has 4 N–H and O–H groups in total. The molecule has 0 aromatic carbocycles. The molecule has 1 aliphatic rings. The van der Waals surface area contributed by atoms with Gasteiger partial charge in [0.25, 0.3) is 5.91 Å². The Morgan fingerprint density at radius 3 is 2.72 bits per heavy atom. The normalized spacial score (nSPS) is 22.9. The first kappa shape index (κ1) is 12.8. The number of ether oxygens (including phenoxy) is 1. The molecule has 2 rings (SSSR count). The van der Waals surface area contributed by atoms with Crippen LogP contribution in [0.4, 0.5) is 0 Å². The Morgan fingerprint density at radius 1 is 1.33 bits per heavy atom. The molecule has 1 aromatic heterocycles. The van der Waals surface area contributed by atoms with Crippen LogP contribution in [0.1, 0.15) is 29.8 Å². The summed E-state index contributed by atoms with van der Waals surface area (Å²) in [6, 6.07) is 3.12. The zero-order valence-electron chi connectivity index (χ0n) is 10.2. The van der Waals surface area contributed by atoms with Crippen LogP contribution in [-0.2, 0) is 0 Å². The van der Waals surface area contributed by atoms with Gasteiger partial charge in [-0.05, 0) is 37.3 Å². The predicted octanol–water partition coefficient (Wildman–Crippen LogP) is 0.329. The summed E-state index contributed by atoms with van der Waals surface area (Å²) in [6.07, 6.45) is 3.54. The SMILES string of the molecule is NCC1CCCC1COc1ccc(C(N)=O)nn1. The molecule has 6 nitrogen and oxygen atoms in total. The van der Waals surface area contributed by atoms with Crippen LogP contribution in [0, 0.1) is 11.8 Å². The largest absolute Gasteiger partial charge is 0.476 e. The summed E-state index contributed by atoms with van der Waals surface area (Å²) < 4.78 is 5.58. The second-order valence-electron chi connectivity index (χ2n) is 4.62. The van der Waals surface area contributed by atoms with E-state index in [1.165, 1.54) is 18.9 Å². The number of amides is 1. The Kier molecular flexibility index (Phi) is 4.09. The Bertz CT molecular complexity index is 407. The van der Waals surface area contributed by atoms with E-state index >= 15 is 0 Å². The van der Waals surface area contributed by atoms with E-state index in [-0.39, 0.29) is 5.69 Å². The van der Waals surface area contributed by atoms with Crippen LogP contribution < -0.4 is 16.2 Å². The van der Waals surface area contributed by atoms with Gasteiger partial charge in [0.05, 0.1) is 6.61 Å². The van der Waals surface area contributed by atoms with E-state index in [4.69, 9.17) is 16.2 Å². The fraction of sp³-hybridized carbons (Fsp3) is 0.583.